The molecule has 1 aliphatic carbocycles. The standard InChI is InChI=1S/C13H16O2/c1-2-3-8-15-13(14)12-9-10-6-4-5-7-11(10)12/h4-7,12H,2-3,8-9H2,1H3. The van der Waals surface area contributed by atoms with Crippen LogP contribution in [0.5, 0.6) is 0 Å². The highest BCUT2D eigenvalue weighted by Gasteiger charge is 2.32. The minimum atomic E-state index is -0.0536. The van der Waals surface area contributed by atoms with Gasteiger partial charge in [-0.05, 0) is 24.0 Å². The van der Waals surface area contributed by atoms with Crippen LogP contribution in [0, 0.1) is 0 Å². The maximum atomic E-state index is 11.6. The van der Waals surface area contributed by atoms with Gasteiger partial charge in [-0.1, -0.05) is 37.6 Å². The Morgan fingerprint density at radius 2 is 2.27 bits per heavy atom. The molecule has 80 valence electrons. The van der Waals surface area contributed by atoms with Crippen molar-refractivity contribution in [3.05, 3.63) is 35.4 Å². The van der Waals surface area contributed by atoms with Gasteiger partial charge < -0.3 is 4.74 Å². The lowest BCUT2D eigenvalue weighted by molar-refractivity contribution is -0.146. The second-order valence-electron chi connectivity index (χ2n) is 3.98. The van der Waals surface area contributed by atoms with Gasteiger partial charge >= 0.3 is 5.97 Å². The normalized spacial score (nSPS) is 17.8. The Labute approximate surface area is 90.3 Å². The first-order valence-electron chi connectivity index (χ1n) is 5.57. The molecule has 0 aromatic heterocycles. The second-order valence-corrected chi connectivity index (χ2v) is 3.98. The summed E-state index contributed by atoms with van der Waals surface area (Å²) in [4.78, 5) is 11.6. The Kier molecular flexibility index (Phi) is 3.05. The number of carbonyl (C=O) groups excluding carboxylic acids is 1. The molecule has 0 bridgehead atoms. The minimum absolute atomic E-state index is 0.00180. The van der Waals surface area contributed by atoms with Gasteiger partial charge in [0.05, 0.1) is 12.5 Å². The predicted molar refractivity (Wildman–Crippen MR) is 58.8 cm³/mol. The summed E-state index contributed by atoms with van der Waals surface area (Å²) in [6.07, 6.45) is 2.87. The molecule has 0 amide bonds. The fraction of sp³-hybridized carbons (Fsp3) is 0.462. The summed E-state index contributed by atoms with van der Waals surface area (Å²) in [5.74, 6) is -0.0554. The molecule has 15 heavy (non-hydrogen) atoms. The smallest absolute Gasteiger partial charge is 0.313 e. The van der Waals surface area contributed by atoms with Gasteiger partial charge in [0.2, 0.25) is 0 Å². The van der Waals surface area contributed by atoms with Crippen LogP contribution in [0.25, 0.3) is 0 Å². The number of carbonyl (C=O) groups is 1. The first-order valence-corrected chi connectivity index (χ1v) is 5.57. The fourth-order valence-electron chi connectivity index (χ4n) is 1.89. The third-order valence-corrected chi connectivity index (χ3v) is 2.88. The van der Waals surface area contributed by atoms with E-state index in [1.807, 2.05) is 18.2 Å². The van der Waals surface area contributed by atoms with E-state index >= 15 is 0 Å². The number of esters is 1. The lowest BCUT2D eigenvalue weighted by atomic mass is 9.78. The zero-order chi connectivity index (χ0) is 10.7. The zero-order valence-electron chi connectivity index (χ0n) is 9.03. The summed E-state index contributed by atoms with van der Waals surface area (Å²) < 4.78 is 5.20. The summed E-state index contributed by atoms with van der Waals surface area (Å²) in [7, 11) is 0. The van der Waals surface area contributed by atoms with Gasteiger partial charge in [-0.15, -0.1) is 0 Å². The van der Waals surface area contributed by atoms with Gasteiger partial charge in [-0.3, -0.25) is 4.79 Å². The van der Waals surface area contributed by atoms with Crippen LogP contribution in [0.2, 0.25) is 0 Å². The minimum Gasteiger partial charge on any atom is -0.465 e. The maximum Gasteiger partial charge on any atom is 0.313 e. The third-order valence-electron chi connectivity index (χ3n) is 2.88. The molecule has 0 fully saturated rings. The molecule has 0 saturated heterocycles. The largest absolute Gasteiger partial charge is 0.465 e. The number of hydrogen-bond donors (Lipinski definition) is 0. The zero-order valence-corrected chi connectivity index (χ0v) is 9.03. The average molecular weight is 204 g/mol. The molecule has 2 rings (SSSR count). The molecule has 0 radical (unpaired) electrons. The summed E-state index contributed by atoms with van der Waals surface area (Å²) in [5.41, 5.74) is 2.44. The second kappa shape index (κ2) is 4.47. The van der Waals surface area contributed by atoms with E-state index in [9.17, 15) is 4.79 Å². The van der Waals surface area contributed by atoms with E-state index in [2.05, 4.69) is 13.0 Å². The highest BCUT2D eigenvalue weighted by Crippen LogP contribution is 2.35. The Bertz CT molecular complexity index is 357. The van der Waals surface area contributed by atoms with E-state index in [0.29, 0.717) is 6.61 Å². The molecule has 1 aliphatic rings. The Morgan fingerprint density at radius 1 is 1.47 bits per heavy atom. The quantitative estimate of drug-likeness (QED) is 0.556. The summed E-state index contributed by atoms with van der Waals surface area (Å²) in [6.45, 7) is 2.65. The van der Waals surface area contributed by atoms with Gasteiger partial charge in [-0.25, -0.2) is 0 Å². The first kappa shape index (κ1) is 10.2. The van der Waals surface area contributed by atoms with Crippen LogP contribution >= 0.6 is 0 Å². The molecule has 0 N–H and O–H groups in total. The van der Waals surface area contributed by atoms with Crippen molar-refractivity contribution in [2.45, 2.75) is 32.1 Å². The van der Waals surface area contributed by atoms with E-state index in [-0.39, 0.29) is 11.9 Å². The predicted octanol–water partition coefficient (Wildman–Crippen LogP) is 2.67. The van der Waals surface area contributed by atoms with Crippen molar-refractivity contribution in [2.24, 2.45) is 0 Å². The van der Waals surface area contributed by atoms with Crippen LogP contribution in [0.1, 0.15) is 36.8 Å². The average Bonchev–Trinajstić information content (AvgIpc) is 2.20. The fourth-order valence-corrected chi connectivity index (χ4v) is 1.89. The van der Waals surface area contributed by atoms with E-state index in [1.165, 1.54) is 5.56 Å². The van der Waals surface area contributed by atoms with Gasteiger partial charge in [0, 0.05) is 0 Å². The number of unbranched alkanes of at least 4 members (excludes halogenated alkanes) is 1. The Hall–Kier alpha value is -1.31. The van der Waals surface area contributed by atoms with Crippen LogP contribution < -0.4 is 0 Å². The van der Waals surface area contributed by atoms with E-state index in [0.717, 1.165) is 24.8 Å². The highest BCUT2D eigenvalue weighted by molar-refractivity contribution is 5.82. The lowest BCUT2D eigenvalue weighted by Gasteiger charge is -2.27. The Morgan fingerprint density at radius 3 is 3.00 bits per heavy atom. The van der Waals surface area contributed by atoms with Crippen molar-refractivity contribution in [1.82, 2.24) is 0 Å². The van der Waals surface area contributed by atoms with Crippen LogP contribution in [-0.2, 0) is 16.0 Å². The van der Waals surface area contributed by atoms with Crippen molar-refractivity contribution in [1.29, 1.82) is 0 Å². The van der Waals surface area contributed by atoms with Gasteiger partial charge in [0.1, 0.15) is 0 Å². The molecule has 1 aromatic carbocycles. The van der Waals surface area contributed by atoms with Crippen LogP contribution in [0.3, 0.4) is 0 Å². The van der Waals surface area contributed by atoms with Gasteiger partial charge in [0.15, 0.2) is 0 Å². The molecule has 1 unspecified atom stereocenters. The SMILES string of the molecule is CCCCOC(=O)C1Cc2ccccc21. The van der Waals surface area contributed by atoms with E-state index < -0.39 is 0 Å². The monoisotopic (exact) mass is 204 g/mol. The topological polar surface area (TPSA) is 26.3 Å². The van der Waals surface area contributed by atoms with Gasteiger partial charge in [-0.2, -0.15) is 0 Å². The molecule has 2 heteroatoms. The molecule has 0 heterocycles. The molecule has 2 nitrogen and oxygen atoms in total. The van der Waals surface area contributed by atoms with E-state index in [4.69, 9.17) is 4.74 Å². The summed E-state index contributed by atoms with van der Waals surface area (Å²) in [6, 6.07) is 8.08. The van der Waals surface area contributed by atoms with Crippen molar-refractivity contribution >= 4 is 5.97 Å². The number of rotatable bonds is 4. The Balaban J connectivity index is 1.90. The van der Waals surface area contributed by atoms with Crippen molar-refractivity contribution in [2.75, 3.05) is 6.61 Å². The van der Waals surface area contributed by atoms with Crippen molar-refractivity contribution in [3.8, 4) is 0 Å². The van der Waals surface area contributed by atoms with Crippen molar-refractivity contribution < 1.29 is 9.53 Å². The number of benzene rings is 1. The summed E-state index contributed by atoms with van der Waals surface area (Å²) in [5, 5.41) is 0. The number of ether oxygens (including phenoxy) is 1. The molecule has 1 aromatic rings. The highest BCUT2D eigenvalue weighted by atomic mass is 16.5. The lowest BCUT2D eigenvalue weighted by Crippen LogP contribution is -2.27. The number of hydrogen-bond acceptors (Lipinski definition) is 2. The van der Waals surface area contributed by atoms with Crippen LogP contribution in [-0.4, -0.2) is 12.6 Å². The summed E-state index contributed by atoms with van der Waals surface area (Å²) >= 11 is 0. The van der Waals surface area contributed by atoms with Crippen LogP contribution in [0.15, 0.2) is 24.3 Å². The molecular weight excluding hydrogens is 188 g/mol. The third kappa shape index (κ3) is 2.04. The molecular formula is C13H16O2. The van der Waals surface area contributed by atoms with Crippen LogP contribution in [0.4, 0.5) is 0 Å². The van der Waals surface area contributed by atoms with Gasteiger partial charge in [0.25, 0.3) is 0 Å². The van der Waals surface area contributed by atoms with E-state index in [1.54, 1.807) is 0 Å². The molecule has 1 atom stereocenters. The molecule has 0 spiro atoms. The number of fused-ring (bicyclic) bond motifs is 1. The van der Waals surface area contributed by atoms with Crippen molar-refractivity contribution in [3.63, 3.8) is 0 Å². The molecule has 0 aliphatic heterocycles. The molecule has 0 saturated carbocycles. The first-order chi connectivity index (χ1) is 7.33. The maximum absolute atomic E-state index is 11.6.